The number of sulfonamides is 1. The van der Waals surface area contributed by atoms with Crippen LogP contribution in [-0.2, 0) is 22.9 Å². The van der Waals surface area contributed by atoms with Crippen molar-refractivity contribution in [3.8, 4) is 6.07 Å². The Bertz CT molecular complexity index is 897. The Labute approximate surface area is 148 Å². The molecule has 1 aliphatic rings. The van der Waals surface area contributed by atoms with Gasteiger partial charge in [0, 0.05) is 9.35 Å². The lowest BCUT2D eigenvalue weighted by atomic mass is 9.89. The van der Waals surface area contributed by atoms with Gasteiger partial charge < -0.3 is 0 Å². The van der Waals surface area contributed by atoms with E-state index in [4.69, 9.17) is 0 Å². The number of hydrogen-bond donors (Lipinski definition) is 1. The second-order valence-corrected chi connectivity index (χ2v) is 9.31. The molecular weight excluding hydrogens is 396 g/mol. The largest absolute Gasteiger partial charge is 0.269 e. The highest BCUT2D eigenvalue weighted by molar-refractivity contribution is 9.10. The first kappa shape index (κ1) is 16.5. The molecule has 7 heteroatoms. The standard InChI is InChI=1S/C16H15BrN2O2S2/c1-10-6-7-11-12(9-18)16(22-14(11)8-10)19-23(20,21)15-5-3-2-4-13(15)17/h2-5,10,19H,6-8H2,1H3. The van der Waals surface area contributed by atoms with Crippen LogP contribution in [0.5, 0.6) is 0 Å². The van der Waals surface area contributed by atoms with Gasteiger partial charge in [0.2, 0.25) is 0 Å². The van der Waals surface area contributed by atoms with Gasteiger partial charge in [-0.25, -0.2) is 8.42 Å². The molecule has 0 radical (unpaired) electrons. The summed E-state index contributed by atoms with van der Waals surface area (Å²) in [6.07, 6.45) is 2.78. The number of hydrogen-bond acceptors (Lipinski definition) is 4. The van der Waals surface area contributed by atoms with Crippen LogP contribution in [0.1, 0.15) is 29.3 Å². The molecule has 0 fully saturated rings. The van der Waals surface area contributed by atoms with Gasteiger partial charge in [0.1, 0.15) is 16.0 Å². The normalized spacial score (nSPS) is 17.3. The van der Waals surface area contributed by atoms with E-state index < -0.39 is 10.0 Å². The fourth-order valence-corrected chi connectivity index (χ4v) is 6.45. The topological polar surface area (TPSA) is 70.0 Å². The van der Waals surface area contributed by atoms with E-state index in [1.54, 1.807) is 18.2 Å². The Balaban J connectivity index is 2.01. The van der Waals surface area contributed by atoms with E-state index in [2.05, 4.69) is 33.6 Å². The monoisotopic (exact) mass is 410 g/mol. The minimum Gasteiger partial charge on any atom is -0.269 e. The highest BCUT2D eigenvalue weighted by Gasteiger charge is 2.27. The summed E-state index contributed by atoms with van der Waals surface area (Å²) in [6, 6.07) is 8.83. The van der Waals surface area contributed by atoms with E-state index >= 15 is 0 Å². The molecule has 0 spiro atoms. The summed E-state index contributed by atoms with van der Waals surface area (Å²) in [5.41, 5.74) is 1.49. The summed E-state index contributed by atoms with van der Waals surface area (Å²) in [5, 5.41) is 9.90. The second kappa shape index (κ2) is 6.27. The Morgan fingerprint density at radius 3 is 2.83 bits per heavy atom. The van der Waals surface area contributed by atoms with E-state index in [1.165, 1.54) is 17.4 Å². The molecule has 23 heavy (non-hydrogen) atoms. The summed E-state index contributed by atoms with van der Waals surface area (Å²) in [5.74, 6) is 0.570. The molecule has 1 heterocycles. The van der Waals surface area contributed by atoms with Crippen LogP contribution in [0.15, 0.2) is 33.6 Å². The number of fused-ring (bicyclic) bond motifs is 1. The number of nitriles is 1. The minimum absolute atomic E-state index is 0.170. The van der Waals surface area contributed by atoms with Gasteiger partial charge in [-0.05, 0) is 58.8 Å². The van der Waals surface area contributed by atoms with E-state index in [-0.39, 0.29) is 4.90 Å². The highest BCUT2D eigenvalue weighted by Crippen LogP contribution is 2.40. The number of thiophene rings is 1. The van der Waals surface area contributed by atoms with Crippen LogP contribution in [0.25, 0.3) is 0 Å². The van der Waals surface area contributed by atoms with Gasteiger partial charge in [-0.1, -0.05) is 19.1 Å². The number of halogens is 1. The quantitative estimate of drug-likeness (QED) is 0.819. The van der Waals surface area contributed by atoms with Crippen molar-refractivity contribution in [2.45, 2.75) is 31.1 Å². The second-order valence-electron chi connectivity index (χ2n) is 5.70. The number of benzene rings is 1. The van der Waals surface area contributed by atoms with Crippen LogP contribution in [0, 0.1) is 17.2 Å². The van der Waals surface area contributed by atoms with E-state index in [0.29, 0.717) is 21.0 Å². The fraction of sp³-hybridized carbons (Fsp3) is 0.312. The van der Waals surface area contributed by atoms with Crippen molar-refractivity contribution in [1.82, 2.24) is 0 Å². The molecule has 0 saturated carbocycles. The van der Waals surface area contributed by atoms with Crippen molar-refractivity contribution < 1.29 is 8.42 Å². The number of nitrogens with one attached hydrogen (secondary N) is 1. The summed E-state index contributed by atoms with van der Waals surface area (Å²) >= 11 is 4.65. The number of rotatable bonds is 3. The number of nitrogens with zero attached hydrogens (tertiary/aromatic N) is 1. The van der Waals surface area contributed by atoms with Crippen LogP contribution < -0.4 is 4.72 Å². The van der Waals surface area contributed by atoms with Crippen molar-refractivity contribution in [3.63, 3.8) is 0 Å². The minimum atomic E-state index is -3.73. The Hall–Kier alpha value is -1.36. The summed E-state index contributed by atoms with van der Waals surface area (Å²) < 4.78 is 28.4. The van der Waals surface area contributed by atoms with Crippen molar-refractivity contribution in [2.24, 2.45) is 5.92 Å². The summed E-state index contributed by atoms with van der Waals surface area (Å²) in [4.78, 5) is 1.30. The molecule has 1 aromatic heterocycles. The SMILES string of the molecule is CC1CCc2c(sc(NS(=O)(=O)c3ccccc3Br)c2C#N)C1. The molecule has 1 unspecified atom stereocenters. The Morgan fingerprint density at radius 2 is 2.13 bits per heavy atom. The van der Waals surface area contributed by atoms with Gasteiger partial charge in [-0.15, -0.1) is 11.3 Å². The summed E-state index contributed by atoms with van der Waals surface area (Å²) in [6.45, 7) is 2.18. The lowest BCUT2D eigenvalue weighted by molar-refractivity contribution is 0.507. The van der Waals surface area contributed by atoms with Crippen LogP contribution in [0.2, 0.25) is 0 Å². The number of anilines is 1. The molecule has 120 valence electrons. The first-order valence-electron chi connectivity index (χ1n) is 7.24. The third-order valence-corrected chi connectivity index (χ3v) is 7.64. The maximum Gasteiger partial charge on any atom is 0.263 e. The molecule has 3 rings (SSSR count). The third kappa shape index (κ3) is 3.16. The van der Waals surface area contributed by atoms with E-state index in [1.807, 2.05) is 0 Å². The molecule has 1 aliphatic carbocycles. The lowest BCUT2D eigenvalue weighted by Gasteiger charge is -2.17. The third-order valence-electron chi connectivity index (χ3n) is 3.98. The summed E-state index contributed by atoms with van der Waals surface area (Å²) in [7, 11) is -3.73. The predicted octanol–water partition coefficient (Wildman–Crippen LogP) is 4.31. The van der Waals surface area contributed by atoms with Crippen molar-refractivity contribution >= 4 is 42.3 Å². The highest BCUT2D eigenvalue weighted by atomic mass is 79.9. The van der Waals surface area contributed by atoms with Gasteiger partial charge in [0.15, 0.2) is 0 Å². The zero-order chi connectivity index (χ0) is 16.6. The van der Waals surface area contributed by atoms with Crippen molar-refractivity contribution in [2.75, 3.05) is 4.72 Å². The maximum atomic E-state index is 12.6. The first-order valence-corrected chi connectivity index (χ1v) is 10.3. The predicted molar refractivity (Wildman–Crippen MR) is 95.2 cm³/mol. The molecule has 1 aromatic carbocycles. The zero-order valence-corrected chi connectivity index (χ0v) is 15.7. The van der Waals surface area contributed by atoms with Crippen molar-refractivity contribution in [1.29, 1.82) is 5.26 Å². The molecular formula is C16H15BrN2O2S2. The smallest absolute Gasteiger partial charge is 0.263 e. The van der Waals surface area contributed by atoms with E-state index in [9.17, 15) is 13.7 Å². The lowest BCUT2D eigenvalue weighted by Crippen LogP contribution is -2.13. The first-order chi connectivity index (χ1) is 10.9. The molecule has 4 nitrogen and oxygen atoms in total. The van der Waals surface area contributed by atoms with Gasteiger partial charge in [0.25, 0.3) is 10.0 Å². The van der Waals surface area contributed by atoms with Crippen LogP contribution in [0.3, 0.4) is 0 Å². The van der Waals surface area contributed by atoms with Crippen molar-refractivity contribution in [3.05, 3.63) is 44.7 Å². The van der Waals surface area contributed by atoms with Gasteiger partial charge >= 0.3 is 0 Å². The van der Waals surface area contributed by atoms with Gasteiger partial charge in [-0.3, -0.25) is 4.72 Å². The van der Waals surface area contributed by atoms with Crippen LogP contribution in [-0.4, -0.2) is 8.42 Å². The molecule has 0 bridgehead atoms. The van der Waals surface area contributed by atoms with Gasteiger partial charge in [-0.2, -0.15) is 5.26 Å². The average molecular weight is 411 g/mol. The Morgan fingerprint density at radius 1 is 1.39 bits per heavy atom. The molecule has 0 amide bonds. The molecule has 2 aromatic rings. The molecule has 1 N–H and O–H groups in total. The maximum absolute atomic E-state index is 12.6. The van der Waals surface area contributed by atoms with Crippen LogP contribution in [0.4, 0.5) is 5.00 Å². The van der Waals surface area contributed by atoms with E-state index in [0.717, 1.165) is 29.7 Å². The van der Waals surface area contributed by atoms with Crippen LogP contribution >= 0.6 is 27.3 Å². The fourth-order valence-electron chi connectivity index (χ4n) is 2.78. The zero-order valence-electron chi connectivity index (χ0n) is 12.5. The average Bonchev–Trinajstić information content (AvgIpc) is 2.82. The molecule has 1 atom stereocenters. The molecule has 0 saturated heterocycles. The van der Waals surface area contributed by atoms with Gasteiger partial charge in [0.05, 0.1) is 5.56 Å². The Kier molecular flexibility index (Phi) is 4.50. The molecule has 0 aliphatic heterocycles.